The summed E-state index contributed by atoms with van der Waals surface area (Å²) in [5.41, 5.74) is 5.89. The highest BCUT2D eigenvalue weighted by molar-refractivity contribution is 5.92. The van der Waals surface area contributed by atoms with Crippen molar-refractivity contribution in [3.05, 3.63) is 71.0 Å². The van der Waals surface area contributed by atoms with Gasteiger partial charge in [0, 0.05) is 35.8 Å². The minimum atomic E-state index is -0.0802. The Hall–Kier alpha value is -3.94. The van der Waals surface area contributed by atoms with Gasteiger partial charge in [0.2, 0.25) is 5.91 Å². The number of carbonyl (C=O) groups is 2. The number of amides is 2. The van der Waals surface area contributed by atoms with Crippen molar-refractivity contribution in [1.82, 2.24) is 25.2 Å². The first-order valence-electron chi connectivity index (χ1n) is 12.5. The van der Waals surface area contributed by atoms with Gasteiger partial charge in [-0.1, -0.05) is 24.3 Å². The molecule has 0 bridgehead atoms. The molecule has 1 aliphatic carbocycles. The average Bonchev–Trinajstić information content (AvgIpc) is 3.61. The van der Waals surface area contributed by atoms with Gasteiger partial charge in [0.15, 0.2) is 12.3 Å². The van der Waals surface area contributed by atoms with Crippen LogP contribution in [-0.4, -0.2) is 45.6 Å². The summed E-state index contributed by atoms with van der Waals surface area (Å²) in [6.07, 6.45) is 3.85. The zero-order valence-electron chi connectivity index (χ0n) is 20.7. The minimum Gasteiger partial charge on any atom is -0.484 e. The number of hydrogen-bond acceptors (Lipinski definition) is 5. The van der Waals surface area contributed by atoms with Crippen LogP contribution in [0.4, 0.5) is 0 Å². The van der Waals surface area contributed by atoms with E-state index in [1.165, 1.54) is 0 Å². The molecule has 2 amide bonds. The SMILES string of the molecule is Cc1nc2c3ccccc3nn2c(C)c1CCC(=O)NCCc1ccc(OCC(=O)NC2CC2)cc1. The minimum absolute atomic E-state index is 0.0150. The van der Waals surface area contributed by atoms with Gasteiger partial charge in [-0.25, -0.2) is 9.50 Å². The molecular weight excluding hydrogens is 454 g/mol. The van der Waals surface area contributed by atoms with E-state index in [-0.39, 0.29) is 18.4 Å². The van der Waals surface area contributed by atoms with Crippen LogP contribution < -0.4 is 15.4 Å². The Balaban J connectivity index is 1.09. The van der Waals surface area contributed by atoms with Crippen LogP contribution in [0.3, 0.4) is 0 Å². The van der Waals surface area contributed by atoms with Gasteiger partial charge in [-0.05, 0) is 74.9 Å². The second-order valence-corrected chi connectivity index (χ2v) is 9.39. The predicted octanol–water partition coefficient (Wildman–Crippen LogP) is 3.45. The maximum Gasteiger partial charge on any atom is 0.258 e. The molecule has 0 unspecified atom stereocenters. The van der Waals surface area contributed by atoms with Crippen LogP contribution >= 0.6 is 0 Å². The molecule has 186 valence electrons. The van der Waals surface area contributed by atoms with Crippen molar-refractivity contribution < 1.29 is 14.3 Å². The molecule has 4 aromatic rings. The van der Waals surface area contributed by atoms with Gasteiger partial charge in [-0.2, -0.15) is 5.10 Å². The smallest absolute Gasteiger partial charge is 0.258 e. The number of aryl methyl sites for hydroxylation is 2. The maximum atomic E-state index is 12.5. The number of hydrogen-bond donors (Lipinski definition) is 2. The van der Waals surface area contributed by atoms with Crippen LogP contribution in [-0.2, 0) is 22.4 Å². The predicted molar refractivity (Wildman–Crippen MR) is 138 cm³/mol. The Labute approximate surface area is 210 Å². The van der Waals surface area contributed by atoms with Gasteiger partial charge in [0.05, 0.1) is 5.52 Å². The third-order valence-electron chi connectivity index (χ3n) is 6.59. The number of benzene rings is 2. The summed E-state index contributed by atoms with van der Waals surface area (Å²) >= 11 is 0. The number of rotatable bonds is 10. The van der Waals surface area contributed by atoms with Gasteiger partial charge in [0.1, 0.15) is 5.75 Å². The fourth-order valence-electron chi connectivity index (χ4n) is 4.41. The molecule has 0 aliphatic heterocycles. The fraction of sp³-hybridized carbons (Fsp3) is 0.357. The number of fused-ring (bicyclic) bond motifs is 3. The molecule has 36 heavy (non-hydrogen) atoms. The lowest BCUT2D eigenvalue weighted by Gasteiger charge is -2.11. The molecule has 1 saturated carbocycles. The number of ether oxygens (including phenoxy) is 1. The normalized spacial score (nSPS) is 13.2. The third kappa shape index (κ3) is 5.48. The molecule has 5 rings (SSSR count). The van der Waals surface area contributed by atoms with Gasteiger partial charge in [-0.15, -0.1) is 0 Å². The average molecular weight is 486 g/mol. The van der Waals surface area contributed by atoms with Crippen molar-refractivity contribution in [3.8, 4) is 5.75 Å². The largest absolute Gasteiger partial charge is 0.484 e. The monoisotopic (exact) mass is 485 g/mol. The molecule has 1 fully saturated rings. The summed E-state index contributed by atoms with van der Waals surface area (Å²) < 4.78 is 7.42. The highest BCUT2D eigenvalue weighted by Crippen LogP contribution is 2.23. The molecule has 2 N–H and O–H groups in total. The van der Waals surface area contributed by atoms with Crippen LogP contribution in [0, 0.1) is 13.8 Å². The fourth-order valence-corrected chi connectivity index (χ4v) is 4.41. The zero-order chi connectivity index (χ0) is 25.1. The lowest BCUT2D eigenvalue weighted by molar-refractivity contribution is -0.123. The summed E-state index contributed by atoms with van der Waals surface area (Å²) in [5.74, 6) is 0.597. The Bertz CT molecular complexity index is 1410. The van der Waals surface area contributed by atoms with E-state index in [0.717, 1.165) is 58.3 Å². The Morgan fingerprint density at radius 3 is 2.58 bits per heavy atom. The Morgan fingerprint density at radius 1 is 1.03 bits per heavy atom. The lowest BCUT2D eigenvalue weighted by Crippen LogP contribution is -2.30. The van der Waals surface area contributed by atoms with Crippen molar-refractivity contribution in [2.75, 3.05) is 13.2 Å². The highest BCUT2D eigenvalue weighted by atomic mass is 16.5. The quantitative estimate of drug-likeness (QED) is 0.359. The molecule has 1 aliphatic rings. The van der Waals surface area contributed by atoms with E-state index in [9.17, 15) is 9.59 Å². The first kappa shape index (κ1) is 23.8. The van der Waals surface area contributed by atoms with Crippen molar-refractivity contribution >= 4 is 28.4 Å². The van der Waals surface area contributed by atoms with Crippen LogP contribution in [0.1, 0.15) is 41.8 Å². The molecule has 0 spiro atoms. The maximum absolute atomic E-state index is 12.5. The van der Waals surface area contributed by atoms with Crippen molar-refractivity contribution in [1.29, 1.82) is 0 Å². The standard InChI is InChI=1S/C28H31N5O3/c1-18-23(19(2)33-28(30-18)24-5-3-4-6-25(24)32-33)13-14-26(34)29-16-15-20-7-11-22(12-8-20)36-17-27(35)31-21-9-10-21/h3-8,11-12,21H,9-10,13-17H2,1-2H3,(H,29,34)(H,31,35). The number of carbonyl (C=O) groups excluding carboxylic acids is 2. The molecule has 8 heteroatoms. The molecular formula is C28H31N5O3. The van der Waals surface area contributed by atoms with E-state index in [1.807, 2.05) is 66.9 Å². The molecule has 2 aromatic carbocycles. The van der Waals surface area contributed by atoms with Crippen LogP contribution in [0.5, 0.6) is 5.75 Å². The van der Waals surface area contributed by atoms with Gasteiger partial charge >= 0.3 is 0 Å². The van der Waals surface area contributed by atoms with Gasteiger partial charge < -0.3 is 15.4 Å². The first-order valence-corrected chi connectivity index (χ1v) is 12.5. The van der Waals surface area contributed by atoms with Crippen LogP contribution in [0.15, 0.2) is 48.5 Å². The topological polar surface area (TPSA) is 97.6 Å². The molecule has 0 atom stereocenters. The Morgan fingerprint density at radius 2 is 1.81 bits per heavy atom. The summed E-state index contributed by atoms with van der Waals surface area (Å²) in [4.78, 5) is 29.0. The second-order valence-electron chi connectivity index (χ2n) is 9.39. The lowest BCUT2D eigenvalue weighted by atomic mass is 10.1. The Kier molecular flexibility index (Phi) is 6.84. The molecule has 0 saturated heterocycles. The van der Waals surface area contributed by atoms with E-state index in [1.54, 1.807) is 0 Å². The third-order valence-corrected chi connectivity index (χ3v) is 6.59. The van der Waals surface area contributed by atoms with E-state index in [2.05, 4.69) is 10.6 Å². The van der Waals surface area contributed by atoms with E-state index in [4.69, 9.17) is 14.8 Å². The number of nitrogens with one attached hydrogen (secondary N) is 2. The van der Waals surface area contributed by atoms with Gasteiger partial charge in [-0.3, -0.25) is 9.59 Å². The van der Waals surface area contributed by atoms with E-state index in [0.29, 0.717) is 31.2 Å². The highest BCUT2D eigenvalue weighted by Gasteiger charge is 2.23. The second kappa shape index (κ2) is 10.4. The van der Waals surface area contributed by atoms with E-state index < -0.39 is 0 Å². The molecule has 2 heterocycles. The van der Waals surface area contributed by atoms with Crippen LogP contribution in [0.25, 0.3) is 16.6 Å². The number of aromatic nitrogens is 3. The van der Waals surface area contributed by atoms with Crippen molar-refractivity contribution in [2.24, 2.45) is 0 Å². The number of nitrogens with zero attached hydrogens (tertiary/aromatic N) is 3. The molecule has 8 nitrogen and oxygen atoms in total. The zero-order valence-corrected chi connectivity index (χ0v) is 20.7. The van der Waals surface area contributed by atoms with Crippen molar-refractivity contribution in [2.45, 2.75) is 52.0 Å². The van der Waals surface area contributed by atoms with Gasteiger partial charge in [0.25, 0.3) is 5.91 Å². The molecule has 2 aromatic heterocycles. The summed E-state index contributed by atoms with van der Waals surface area (Å²) in [6, 6.07) is 16.0. The van der Waals surface area contributed by atoms with E-state index >= 15 is 0 Å². The first-order chi connectivity index (χ1) is 17.5. The van der Waals surface area contributed by atoms with Crippen LogP contribution in [0.2, 0.25) is 0 Å². The summed E-state index contributed by atoms with van der Waals surface area (Å²) in [7, 11) is 0. The summed E-state index contributed by atoms with van der Waals surface area (Å²) in [6.45, 7) is 4.62. The molecule has 0 radical (unpaired) electrons. The van der Waals surface area contributed by atoms with Crippen molar-refractivity contribution in [3.63, 3.8) is 0 Å². The summed E-state index contributed by atoms with van der Waals surface area (Å²) in [5, 5.41) is 11.6.